The summed E-state index contributed by atoms with van der Waals surface area (Å²) in [6, 6.07) is 8.76. The Morgan fingerprint density at radius 2 is 2.19 bits per heavy atom. The van der Waals surface area contributed by atoms with Crippen LogP contribution < -0.4 is 4.90 Å². The van der Waals surface area contributed by atoms with Crippen molar-refractivity contribution in [2.75, 3.05) is 23.5 Å². The first-order valence-electron chi connectivity index (χ1n) is 5.77. The summed E-state index contributed by atoms with van der Waals surface area (Å²) >= 11 is 2.02. The van der Waals surface area contributed by atoms with Gasteiger partial charge in [-0.3, -0.25) is 0 Å². The number of benzene rings is 1. The summed E-state index contributed by atoms with van der Waals surface area (Å²) in [4.78, 5) is 2.32. The van der Waals surface area contributed by atoms with Crippen molar-refractivity contribution in [3.63, 3.8) is 0 Å². The monoisotopic (exact) mass is 237 g/mol. The van der Waals surface area contributed by atoms with Gasteiger partial charge in [0.25, 0.3) is 0 Å². The molecule has 1 aromatic carbocycles. The maximum atomic E-state index is 9.76. The SMILES string of the molecule is CC(O)c1ccccc1N(C)C1CCSC1. The minimum absolute atomic E-state index is 0.396. The fourth-order valence-electron chi connectivity index (χ4n) is 2.19. The standard InChI is InChI=1S/C13H19NOS/c1-10(15)12-5-3-4-6-13(12)14(2)11-7-8-16-9-11/h3-6,10-11,15H,7-9H2,1-2H3. The second kappa shape index (κ2) is 5.11. The lowest BCUT2D eigenvalue weighted by atomic mass is 10.1. The lowest BCUT2D eigenvalue weighted by molar-refractivity contribution is 0.199. The Morgan fingerprint density at radius 3 is 2.81 bits per heavy atom. The first-order valence-corrected chi connectivity index (χ1v) is 6.93. The van der Waals surface area contributed by atoms with Crippen LogP contribution in [-0.2, 0) is 0 Å². The average Bonchev–Trinajstić information content (AvgIpc) is 2.81. The maximum absolute atomic E-state index is 9.76. The molecule has 0 radical (unpaired) electrons. The van der Waals surface area contributed by atoms with Crippen molar-refractivity contribution in [1.82, 2.24) is 0 Å². The molecule has 16 heavy (non-hydrogen) atoms. The molecule has 2 unspecified atom stereocenters. The number of thioether (sulfide) groups is 1. The fourth-order valence-corrected chi connectivity index (χ4v) is 3.45. The topological polar surface area (TPSA) is 23.5 Å². The predicted molar refractivity (Wildman–Crippen MR) is 71.2 cm³/mol. The Kier molecular flexibility index (Phi) is 3.77. The van der Waals surface area contributed by atoms with Gasteiger partial charge >= 0.3 is 0 Å². The molecule has 1 aromatic rings. The van der Waals surface area contributed by atoms with Crippen LogP contribution in [0, 0.1) is 0 Å². The molecule has 2 nitrogen and oxygen atoms in total. The van der Waals surface area contributed by atoms with E-state index in [1.165, 1.54) is 23.6 Å². The van der Waals surface area contributed by atoms with Crippen LogP contribution in [0.3, 0.4) is 0 Å². The molecule has 2 rings (SSSR count). The second-order valence-electron chi connectivity index (χ2n) is 4.36. The lowest BCUT2D eigenvalue weighted by Crippen LogP contribution is -2.32. The molecule has 3 heteroatoms. The van der Waals surface area contributed by atoms with E-state index in [0.29, 0.717) is 6.04 Å². The van der Waals surface area contributed by atoms with E-state index in [1.54, 1.807) is 0 Å². The van der Waals surface area contributed by atoms with Gasteiger partial charge in [-0.2, -0.15) is 11.8 Å². The number of aliphatic hydroxyl groups is 1. The zero-order valence-corrected chi connectivity index (χ0v) is 10.7. The third-order valence-electron chi connectivity index (χ3n) is 3.22. The molecule has 0 amide bonds. The molecule has 0 aliphatic carbocycles. The molecular formula is C13H19NOS. The van der Waals surface area contributed by atoms with E-state index < -0.39 is 6.10 Å². The normalized spacial score (nSPS) is 22.1. The third-order valence-corrected chi connectivity index (χ3v) is 4.37. The number of rotatable bonds is 3. The number of aliphatic hydroxyl groups excluding tert-OH is 1. The van der Waals surface area contributed by atoms with E-state index in [0.717, 1.165) is 5.56 Å². The summed E-state index contributed by atoms with van der Waals surface area (Å²) in [7, 11) is 2.14. The highest BCUT2D eigenvalue weighted by Crippen LogP contribution is 2.30. The van der Waals surface area contributed by atoms with Crippen LogP contribution in [0.5, 0.6) is 0 Å². The summed E-state index contributed by atoms with van der Waals surface area (Å²) in [5.74, 6) is 2.45. The van der Waals surface area contributed by atoms with Crippen LogP contribution in [0.4, 0.5) is 5.69 Å². The van der Waals surface area contributed by atoms with Crippen molar-refractivity contribution >= 4 is 17.4 Å². The molecule has 0 bridgehead atoms. The van der Waals surface area contributed by atoms with Gasteiger partial charge in [0.05, 0.1) is 6.10 Å². The van der Waals surface area contributed by atoms with Crippen LogP contribution in [0.15, 0.2) is 24.3 Å². The summed E-state index contributed by atoms with van der Waals surface area (Å²) in [6.07, 6.45) is 0.850. The molecule has 0 saturated carbocycles. The summed E-state index contributed by atoms with van der Waals surface area (Å²) in [6.45, 7) is 1.83. The molecule has 1 saturated heterocycles. The van der Waals surface area contributed by atoms with E-state index in [1.807, 2.05) is 36.9 Å². The average molecular weight is 237 g/mol. The fraction of sp³-hybridized carbons (Fsp3) is 0.538. The predicted octanol–water partition coefficient (Wildman–Crippen LogP) is 2.68. The van der Waals surface area contributed by atoms with Gasteiger partial charge in [0.1, 0.15) is 0 Å². The minimum Gasteiger partial charge on any atom is -0.389 e. The van der Waals surface area contributed by atoms with E-state index in [-0.39, 0.29) is 0 Å². The van der Waals surface area contributed by atoms with Crippen LogP contribution >= 0.6 is 11.8 Å². The zero-order valence-electron chi connectivity index (χ0n) is 9.89. The van der Waals surface area contributed by atoms with E-state index in [2.05, 4.69) is 18.0 Å². The van der Waals surface area contributed by atoms with Gasteiger partial charge in [-0.1, -0.05) is 18.2 Å². The smallest absolute Gasteiger partial charge is 0.0781 e. The highest BCUT2D eigenvalue weighted by molar-refractivity contribution is 7.99. The van der Waals surface area contributed by atoms with Gasteiger partial charge in [-0.15, -0.1) is 0 Å². The van der Waals surface area contributed by atoms with Crippen molar-refractivity contribution in [1.29, 1.82) is 0 Å². The lowest BCUT2D eigenvalue weighted by Gasteiger charge is -2.29. The number of nitrogens with zero attached hydrogens (tertiary/aromatic N) is 1. The van der Waals surface area contributed by atoms with Gasteiger partial charge in [0.2, 0.25) is 0 Å². The molecule has 1 N–H and O–H groups in total. The molecule has 0 spiro atoms. The Hall–Kier alpha value is -0.670. The molecule has 1 heterocycles. The van der Waals surface area contributed by atoms with Crippen LogP contribution in [0.2, 0.25) is 0 Å². The van der Waals surface area contributed by atoms with Gasteiger partial charge in [-0.05, 0) is 25.2 Å². The molecule has 1 aliphatic heterocycles. The third kappa shape index (κ3) is 2.36. The van der Waals surface area contributed by atoms with Crippen molar-refractivity contribution in [3.8, 4) is 0 Å². The quantitative estimate of drug-likeness (QED) is 0.874. The molecule has 1 fully saturated rings. The van der Waals surface area contributed by atoms with Gasteiger partial charge in [0, 0.05) is 30.1 Å². The van der Waals surface area contributed by atoms with Crippen LogP contribution in [-0.4, -0.2) is 29.7 Å². The van der Waals surface area contributed by atoms with Gasteiger partial charge in [0.15, 0.2) is 0 Å². The molecule has 1 aliphatic rings. The van der Waals surface area contributed by atoms with Crippen molar-refractivity contribution in [2.24, 2.45) is 0 Å². The minimum atomic E-state index is -0.396. The Balaban J connectivity index is 2.24. The van der Waals surface area contributed by atoms with Crippen molar-refractivity contribution in [2.45, 2.75) is 25.5 Å². The van der Waals surface area contributed by atoms with Crippen LogP contribution in [0.1, 0.15) is 25.0 Å². The van der Waals surface area contributed by atoms with Crippen molar-refractivity contribution in [3.05, 3.63) is 29.8 Å². The van der Waals surface area contributed by atoms with E-state index >= 15 is 0 Å². The number of anilines is 1. The number of hydrogen-bond donors (Lipinski definition) is 1. The largest absolute Gasteiger partial charge is 0.389 e. The van der Waals surface area contributed by atoms with E-state index in [9.17, 15) is 5.11 Å². The molecule has 88 valence electrons. The van der Waals surface area contributed by atoms with Crippen molar-refractivity contribution < 1.29 is 5.11 Å². The Morgan fingerprint density at radius 1 is 1.44 bits per heavy atom. The first kappa shape index (κ1) is 11.8. The highest BCUT2D eigenvalue weighted by atomic mass is 32.2. The summed E-state index contributed by atoms with van der Waals surface area (Å²) in [5, 5.41) is 9.76. The molecular weight excluding hydrogens is 218 g/mol. The van der Waals surface area contributed by atoms with E-state index in [4.69, 9.17) is 0 Å². The number of hydrogen-bond acceptors (Lipinski definition) is 3. The van der Waals surface area contributed by atoms with Gasteiger partial charge in [-0.25, -0.2) is 0 Å². The zero-order chi connectivity index (χ0) is 11.5. The van der Waals surface area contributed by atoms with Crippen LogP contribution in [0.25, 0.3) is 0 Å². The Bertz CT molecular complexity index is 348. The highest BCUT2D eigenvalue weighted by Gasteiger charge is 2.22. The Labute approximate surface area is 102 Å². The maximum Gasteiger partial charge on any atom is 0.0781 e. The first-order chi connectivity index (χ1) is 7.70. The molecule has 2 atom stereocenters. The number of para-hydroxylation sites is 1. The molecule has 0 aromatic heterocycles. The summed E-state index contributed by atoms with van der Waals surface area (Å²) in [5.41, 5.74) is 2.20. The summed E-state index contributed by atoms with van der Waals surface area (Å²) < 4.78 is 0. The second-order valence-corrected chi connectivity index (χ2v) is 5.51. The van der Waals surface area contributed by atoms with Gasteiger partial charge < -0.3 is 10.0 Å².